The number of nitrogens with two attached hydrogens (primary N) is 1. The van der Waals surface area contributed by atoms with E-state index in [4.69, 9.17) is 17.3 Å². The monoisotopic (exact) mass is 297 g/mol. The zero-order valence-corrected chi connectivity index (χ0v) is 11.8. The van der Waals surface area contributed by atoms with Gasteiger partial charge in [0.05, 0.1) is 21.0 Å². The van der Waals surface area contributed by atoms with Crippen LogP contribution in [-0.2, 0) is 0 Å². The van der Waals surface area contributed by atoms with Crippen LogP contribution < -0.4 is 11.1 Å². The Hall–Kier alpha value is -1.66. The Bertz CT molecular complexity index is 560. The number of carbonyl (C=O) groups excluding carboxylic acids is 1. The van der Waals surface area contributed by atoms with E-state index in [0.717, 1.165) is 12.8 Å². The van der Waals surface area contributed by atoms with E-state index in [0.29, 0.717) is 12.5 Å². The first kappa shape index (κ1) is 14.7. The summed E-state index contributed by atoms with van der Waals surface area (Å²) >= 11 is 5.94. The molecular weight excluding hydrogens is 282 g/mol. The van der Waals surface area contributed by atoms with Gasteiger partial charge in [0.1, 0.15) is 0 Å². The lowest BCUT2D eigenvalue weighted by molar-refractivity contribution is -0.384. The van der Waals surface area contributed by atoms with Crippen molar-refractivity contribution in [2.45, 2.75) is 25.3 Å². The van der Waals surface area contributed by atoms with Gasteiger partial charge in [-0.1, -0.05) is 11.6 Å². The quantitative estimate of drug-likeness (QED) is 0.642. The van der Waals surface area contributed by atoms with Crippen molar-refractivity contribution in [3.05, 3.63) is 38.9 Å². The van der Waals surface area contributed by atoms with Crippen molar-refractivity contribution in [2.75, 3.05) is 6.54 Å². The first-order valence-corrected chi connectivity index (χ1v) is 6.71. The van der Waals surface area contributed by atoms with Gasteiger partial charge in [0.2, 0.25) is 0 Å². The number of hydrogen-bond donors (Lipinski definition) is 2. The third-order valence-electron chi connectivity index (χ3n) is 3.71. The normalized spacial score (nSPS) is 17.4. The van der Waals surface area contributed by atoms with Gasteiger partial charge in [0.15, 0.2) is 0 Å². The summed E-state index contributed by atoms with van der Waals surface area (Å²) < 4.78 is 0. The van der Waals surface area contributed by atoms with Crippen LogP contribution in [0.4, 0.5) is 5.69 Å². The smallest absolute Gasteiger partial charge is 0.270 e. The number of nitrogens with one attached hydrogen (secondary N) is 1. The van der Waals surface area contributed by atoms with Crippen molar-refractivity contribution >= 4 is 23.2 Å². The molecule has 1 aromatic rings. The molecule has 1 fully saturated rings. The van der Waals surface area contributed by atoms with Gasteiger partial charge in [-0.05, 0) is 31.7 Å². The Balaban J connectivity index is 2.19. The fraction of sp³-hybridized carbons (Fsp3) is 0.462. The number of nitrogens with zero attached hydrogens (tertiary/aromatic N) is 1. The average molecular weight is 298 g/mol. The fourth-order valence-electron chi connectivity index (χ4n) is 2.17. The third-order valence-corrected chi connectivity index (χ3v) is 4.02. The molecule has 2 rings (SSSR count). The van der Waals surface area contributed by atoms with E-state index in [1.54, 1.807) is 0 Å². The Morgan fingerprint density at radius 3 is 2.70 bits per heavy atom. The van der Waals surface area contributed by atoms with Crippen LogP contribution in [0.1, 0.15) is 30.1 Å². The van der Waals surface area contributed by atoms with E-state index < -0.39 is 10.5 Å². The zero-order chi connectivity index (χ0) is 14.9. The number of carbonyl (C=O) groups is 1. The molecule has 1 unspecified atom stereocenters. The molecule has 0 bridgehead atoms. The van der Waals surface area contributed by atoms with E-state index in [-0.39, 0.29) is 22.2 Å². The summed E-state index contributed by atoms with van der Waals surface area (Å²) in [5, 5.41) is 13.6. The number of amides is 1. The van der Waals surface area contributed by atoms with Crippen molar-refractivity contribution in [1.82, 2.24) is 5.32 Å². The molecule has 0 aliphatic heterocycles. The predicted octanol–water partition coefficient (Wildman–Crippen LogP) is 2.11. The highest BCUT2D eigenvalue weighted by Crippen LogP contribution is 2.39. The lowest BCUT2D eigenvalue weighted by atomic mass is 9.95. The van der Waals surface area contributed by atoms with Gasteiger partial charge in [0.25, 0.3) is 11.6 Å². The third kappa shape index (κ3) is 2.91. The highest BCUT2D eigenvalue weighted by Gasteiger charge is 2.41. The van der Waals surface area contributed by atoms with Gasteiger partial charge >= 0.3 is 0 Å². The van der Waals surface area contributed by atoms with Crippen LogP contribution >= 0.6 is 11.6 Å². The van der Waals surface area contributed by atoms with Crippen molar-refractivity contribution in [3.8, 4) is 0 Å². The van der Waals surface area contributed by atoms with Gasteiger partial charge in [0, 0.05) is 18.7 Å². The van der Waals surface area contributed by atoms with Crippen LogP contribution in [-0.4, -0.2) is 22.9 Å². The maximum atomic E-state index is 12.2. The van der Waals surface area contributed by atoms with Gasteiger partial charge in [-0.2, -0.15) is 0 Å². The molecule has 0 saturated heterocycles. The Morgan fingerprint density at radius 2 is 2.25 bits per heavy atom. The average Bonchev–Trinajstić information content (AvgIpc) is 3.22. The minimum atomic E-state index is -0.554. The lowest BCUT2D eigenvalue weighted by Crippen LogP contribution is -2.53. The highest BCUT2D eigenvalue weighted by molar-refractivity contribution is 6.34. The van der Waals surface area contributed by atoms with E-state index in [9.17, 15) is 14.9 Å². The summed E-state index contributed by atoms with van der Waals surface area (Å²) in [4.78, 5) is 22.3. The maximum absolute atomic E-state index is 12.2. The van der Waals surface area contributed by atoms with E-state index in [1.165, 1.54) is 18.2 Å². The van der Waals surface area contributed by atoms with Gasteiger partial charge < -0.3 is 11.1 Å². The standard InChI is InChI=1S/C13H16ClN3O3/c1-13(7-15,8-2-3-8)16-12(18)10-5-4-9(17(19)20)6-11(10)14/h4-6,8H,2-3,7,15H2,1H3,(H,16,18). The molecule has 20 heavy (non-hydrogen) atoms. The van der Waals surface area contributed by atoms with Crippen LogP contribution in [0, 0.1) is 16.0 Å². The first-order valence-electron chi connectivity index (χ1n) is 6.34. The van der Waals surface area contributed by atoms with Crippen LogP contribution in [0.15, 0.2) is 18.2 Å². The summed E-state index contributed by atoms with van der Waals surface area (Å²) in [5.74, 6) is 0.0259. The molecule has 108 valence electrons. The van der Waals surface area contributed by atoms with Crippen molar-refractivity contribution in [1.29, 1.82) is 0 Å². The molecule has 1 aliphatic carbocycles. The highest BCUT2D eigenvalue weighted by atomic mass is 35.5. The van der Waals surface area contributed by atoms with E-state index in [1.807, 2.05) is 6.92 Å². The van der Waals surface area contributed by atoms with Crippen LogP contribution in [0.3, 0.4) is 0 Å². The zero-order valence-electron chi connectivity index (χ0n) is 11.1. The fourth-order valence-corrected chi connectivity index (χ4v) is 2.43. The molecule has 3 N–H and O–H groups in total. The topological polar surface area (TPSA) is 98.3 Å². The van der Waals surface area contributed by atoms with Crippen LogP contribution in [0.25, 0.3) is 0 Å². The minimum Gasteiger partial charge on any atom is -0.345 e. The van der Waals surface area contributed by atoms with Crippen molar-refractivity contribution < 1.29 is 9.72 Å². The molecule has 1 aromatic carbocycles. The number of halogens is 1. The number of hydrogen-bond acceptors (Lipinski definition) is 4. The maximum Gasteiger partial charge on any atom is 0.270 e. The summed E-state index contributed by atoms with van der Waals surface area (Å²) in [5.41, 5.74) is 5.36. The molecule has 0 aromatic heterocycles. The molecule has 7 heteroatoms. The molecule has 0 radical (unpaired) electrons. The number of nitro benzene ring substituents is 1. The predicted molar refractivity (Wildman–Crippen MR) is 75.8 cm³/mol. The van der Waals surface area contributed by atoms with Gasteiger partial charge in [-0.25, -0.2) is 0 Å². The number of non-ortho nitro benzene ring substituents is 1. The van der Waals surface area contributed by atoms with Gasteiger partial charge in [-0.3, -0.25) is 14.9 Å². The summed E-state index contributed by atoms with van der Waals surface area (Å²) in [6.45, 7) is 2.25. The second-order valence-corrected chi connectivity index (χ2v) is 5.68. The SMILES string of the molecule is CC(CN)(NC(=O)c1ccc([N+](=O)[O-])cc1Cl)C1CC1. The summed E-state index contributed by atoms with van der Waals surface area (Å²) in [7, 11) is 0. The molecule has 0 heterocycles. The molecular formula is C13H16ClN3O3. The summed E-state index contributed by atoms with van der Waals surface area (Å²) in [6.07, 6.45) is 2.09. The first-order chi connectivity index (χ1) is 9.37. The summed E-state index contributed by atoms with van der Waals surface area (Å²) in [6, 6.07) is 3.80. The largest absolute Gasteiger partial charge is 0.345 e. The Labute approximate surface area is 121 Å². The Morgan fingerprint density at radius 1 is 1.60 bits per heavy atom. The second-order valence-electron chi connectivity index (χ2n) is 5.27. The second kappa shape index (κ2) is 5.38. The van der Waals surface area contributed by atoms with Crippen LogP contribution in [0.2, 0.25) is 5.02 Å². The van der Waals surface area contributed by atoms with Crippen LogP contribution in [0.5, 0.6) is 0 Å². The van der Waals surface area contributed by atoms with E-state index >= 15 is 0 Å². The molecule has 6 nitrogen and oxygen atoms in total. The Kier molecular flexibility index (Phi) is 3.96. The molecule has 1 aliphatic rings. The van der Waals surface area contributed by atoms with E-state index in [2.05, 4.69) is 5.32 Å². The molecule has 0 spiro atoms. The van der Waals surface area contributed by atoms with Gasteiger partial charge in [-0.15, -0.1) is 0 Å². The number of benzene rings is 1. The molecule has 1 amide bonds. The lowest BCUT2D eigenvalue weighted by Gasteiger charge is -2.29. The van der Waals surface area contributed by atoms with Crippen molar-refractivity contribution in [2.24, 2.45) is 11.7 Å². The molecule has 1 atom stereocenters. The number of rotatable bonds is 5. The molecule has 1 saturated carbocycles. The van der Waals surface area contributed by atoms with Crippen molar-refractivity contribution in [3.63, 3.8) is 0 Å². The number of nitro groups is 1. The minimum absolute atomic E-state index is 0.0619.